The molecule has 0 spiro atoms. The normalized spacial score (nSPS) is 37.0. The number of nitrogens with zero attached hydrogens (tertiary/aromatic N) is 1. The summed E-state index contributed by atoms with van der Waals surface area (Å²) in [6, 6.07) is -0.991. The summed E-state index contributed by atoms with van der Waals surface area (Å²) in [6.07, 6.45) is 5.85. The van der Waals surface area contributed by atoms with E-state index in [1.165, 1.54) is 0 Å². The Morgan fingerprint density at radius 3 is 2.26 bits per heavy atom. The second-order valence-electron chi connectivity index (χ2n) is 5.69. The first kappa shape index (κ1) is 12.4. The lowest BCUT2D eigenvalue weighted by Gasteiger charge is -2.24. The van der Waals surface area contributed by atoms with Crippen molar-refractivity contribution in [2.45, 2.75) is 32.2 Å². The Morgan fingerprint density at radius 2 is 1.84 bits per heavy atom. The zero-order chi connectivity index (χ0) is 13.7. The number of carboxylic acid groups (broad SMARTS) is 1. The summed E-state index contributed by atoms with van der Waals surface area (Å²) in [7, 11) is 0. The molecule has 0 radical (unpaired) electrons. The molecular formula is C14H17NO4. The Hall–Kier alpha value is -1.65. The number of carbonyl (C=O) groups is 3. The highest BCUT2D eigenvalue weighted by Gasteiger charge is 2.60. The molecule has 0 aromatic carbocycles. The van der Waals surface area contributed by atoms with Gasteiger partial charge < -0.3 is 5.11 Å². The van der Waals surface area contributed by atoms with Crippen LogP contribution in [-0.2, 0) is 14.4 Å². The van der Waals surface area contributed by atoms with Gasteiger partial charge in [0.25, 0.3) is 0 Å². The van der Waals surface area contributed by atoms with Gasteiger partial charge in [-0.05, 0) is 24.7 Å². The molecule has 1 aliphatic heterocycles. The van der Waals surface area contributed by atoms with Crippen molar-refractivity contribution in [3.8, 4) is 0 Å². The predicted octanol–water partition coefficient (Wildman–Crippen LogP) is 1.05. The molecule has 0 aromatic rings. The van der Waals surface area contributed by atoms with Crippen molar-refractivity contribution >= 4 is 17.8 Å². The Bertz CT molecular complexity index is 454. The summed E-state index contributed by atoms with van der Waals surface area (Å²) in [6.45, 7) is 1.85. The number of rotatable bonds is 4. The topological polar surface area (TPSA) is 74.7 Å². The predicted molar refractivity (Wildman–Crippen MR) is 65.9 cm³/mol. The third-order valence-corrected chi connectivity index (χ3v) is 4.66. The van der Waals surface area contributed by atoms with Crippen molar-refractivity contribution in [3.63, 3.8) is 0 Å². The van der Waals surface area contributed by atoms with E-state index in [-0.39, 0.29) is 35.5 Å². The summed E-state index contributed by atoms with van der Waals surface area (Å²) >= 11 is 0. The van der Waals surface area contributed by atoms with Crippen molar-refractivity contribution in [1.82, 2.24) is 4.90 Å². The van der Waals surface area contributed by atoms with Crippen LogP contribution in [0.2, 0.25) is 0 Å². The lowest BCUT2D eigenvalue weighted by molar-refractivity contribution is -0.155. The van der Waals surface area contributed by atoms with Gasteiger partial charge in [-0.3, -0.25) is 14.5 Å². The number of likely N-dealkylation sites (tertiary alicyclic amines) is 1. The molecular weight excluding hydrogens is 246 g/mol. The minimum Gasteiger partial charge on any atom is -0.480 e. The van der Waals surface area contributed by atoms with E-state index in [1.54, 1.807) is 0 Å². The van der Waals surface area contributed by atoms with Gasteiger partial charge in [-0.15, -0.1) is 0 Å². The van der Waals surface area contributed by atoms with Crippen LogP contribution in [0.3, 0.4) is 0 Å². The highest BCUT2D eigenvalue weighted by molar-refractivity contribution is 6.08. The fraction of sp³-hybridized carbons (Fsp3) is 0.643. The molecule has 2 aliphatic carbocycles. The van der Waals surface area contributed by atoms with Crippen LogP contribution in [0, 0.1) is 23.7 Å². The molecule has 1 saturated heterocycles. The molecule has 5 nitrogen and oxygen atoms in total. The summed E-state index contributed by atoms with van der Waals surface area (Å²) in [5.41, 5.74) is 0. The maximum absolute atomic E-state index is 12.4. The number of imide groups is 1. The van der Waals surface area contributed by atoms with Crippen molar-refractivity contribution in [2.75, 3.05) is 0 Å². The highest BCUT2D eigenvalue weighted by Crippen LogP contribution is 2.52. The van der Waals surface area contributed by atoms with Gasteiger partial charge >= 0.3 is 5.97 Å². The average Bonchev–Trinajstić information content (AvgIpc) is 3.02. The molecule has 3 rings (SSSR count). The van der Waals surface area contributed by atoms with Crippen LogP contribution in [0.4, 0.5) is 0 Å². The molecule has 2 amide bonds. The molecule has 19 heavy (non-hydrogen) atoms. The second kappa shape index (κ2) is 4.18. The Kier molecular flexibility index (Phi) is 2.73. The molecule has 5 heteroatoms. The molecule has 3 aliphatic rings. The van der Waals surface area contributed by atoms with Gasteiger partial charge in [-0.25, -0.2) is 4.79 Å². The maximum atomic E-state index is 12.4. The molecule has 2 fully saturated rings. The van der Waals surface area contributed by atoms with Gasteiger partial charge in [0.2, 0.25) is 11.8 Å². The van der Waals surface area contributed by atoms with Crippen molar-refractivity contribution in [2.24, 2.45) is 23.7 Å². The van der Waals surface area contributed by atoms with E-state index in [1.807, 2.05) is 19.1 Å². The van der Waals surface area contributed by atoms with Gasteiger partial charge in [0.1, 0.15) is 6.04 Å². The Morgan fingerprint density at radius 1 is 1.32 bits per heavy atom. The van der Waals surface area contributed by atoms with Crippen molar-refractivity contribution in [1.29, 1.82) is 0 Å². The van der Waals surface area contributed by atoms with E-state index >= 15 is 0 Å². The van der Waals surface area contributed by atoms with Crippen LogP contribution >= 0.6 is 0 Å². The molecule has 0 unspecified atom stereocenters. The van der Waals surface area contributed by atoms with E-state index < -0.39 is 12.0 Å². The van der Waals surface area contributed by atoms with Crippen LogP contribution in [0.15, 0.2) is 12.2 Å². The van der Waals surface area contributed by atoms with Gasteiger partial charge in [-0.1, -0.05) is 25.5 Å². The van der Waals surface area contributed by atoms with Crippen LogP contribution in [-0.4, -0.2) is 33.8 Å². The van der Waals surface area contributed by atoms with E-state index in [0.29, 0.717) is 12.8 Å². The van der Waals surface area contributed by atoms with Crippen LogP contribution in [0.1, 0.15) is 26.2 Å². The van der Waals surface area contributed by atoms with Gasteiger partial charge in [0.15, 0.2) is 0 Å². The fourth-order valence-electron chi connectivity index (χ4n) is 3.87. The average molecular weight is 263 g/mol. The van der Waals surface area contributed by atoms with Gasteiger partial charge in [0.05, 0.1) is 11.8 Å². The standard InChI is InChI=1S/C14H17NO4/c1-2-3-9(14(18)19)15-12(16)10-7-4-5-8(6-7)11(10)13(15)17/h4-5,7-11H,2-3,6H2,1H3,(H,18,19)/t7-,8+,9-,10-,11-/m0/s1. The highest BCUT2D eigenvalue weighted by atomic mass is 16.4. The smallest absolute Gasteiger partial charge is 0.326 e. The number of hydrogen-bond donors (Lipinski definition) is 1. The second-order valence-corrected chi connectivity index (χ2v) is 5.69. The van der Waals surface area contributed by atoms with Crippen molar-refractivity contribution in [3.05, 3.63) is 12.2 Å². The quantitative estimate of drug-likeness (QED) is 0.607. The monoisotopic (exact) mass is 263 g/mol. The molecule has 1 saturated carbocycles. The summed E-state index contributed by atoms with van der Waals surface area (Å²) < 4.78 is 0. The zero-order valence-corrected chi connectivity index (χ0v) is 10.8. The number of carbonyl (C=O) groups excluding carboxylic acids is 2. The number of carboxylic acids is 1. The van der Waals surface area contributed by atoms with Crippen LogP contribution in [0.5, 0.6) is 0 Å². The Labute approximate surface area is 111 Å². The summed E-state index contributed by atoms with van der Waals surface area (Å²) in [5.74, 6) is -1.97. The zero-order valence-electron chi connectivity index (χ0n) is 10.8. The van der Waals surface area contributed by atoms with Crippen LogP contribution in [0.25, 0.3) is 0 Å². The lowest BCUT2D eigenvalue weighted by Crippen LogP contribution is -2.46. The van der Waals surface area contributed by atoms with E-state index in [0.717, 1.165) is 11.3 Å². The number of amides is 2. The van der Waals surface area contributed by atoms with Gasteiger partial charge in [-0.2, -0.15) is 0 Å². The molecule has 1 heterocycles. The Balaban J connectivity index is 1.91. The SMILES string of the molecule is CCC[C@@H](C(=O)O)N1C(=O)[C@@H]2[C@@H](C1=O)[C@H]1C=C[C@@H]2C1. The summed E-state index contributed by atoms with van der Waals surface area (Å²) in [4.78, 5) is 37.2. The van der Waals surface area contributed by atoms with E-state index in [4.69, 9.17) is 0 Å². The molecule has 2 bridgehead atoms. The third-order valence-electron chi connectivity index (χ3n) is 4.66. The summed E-state index contributed by atoms with van der Waals surface area (Å²) in [5, 5.41) is 9.25. The number of fused-ring (bicyclic) bond motifs is 5. The lowest BCUT2D eigenvalue weighted by atomic mass is 9.85. The molecule has 5 atom stereocenters. The number of hydrogen-bond acceptors (Lipinski definition) is 3. The first-order valence-corrected chi connectivity index (χ1v) is 6.84. The first-order valence-electron chi connectivity index (χ1n) is 6.84. The molecule has 102 valence electrons. The minimum atomic E-state index is -1.08. The number of aliphatic carboxylic acids is 1. The van der Waals surface area contributed by atoms with Crippen LogP contribution < -0.4 is 0 Å². The third kappa shape index (κ3) is 1.57. The largest absolute Gasteiger partial charge is 0.480 e. The molecule has 1 N–H and O–H groups in total. The van der Waals surface area contributed by atoms with Crippen molar-refractivity contribution < 1.29 is 19.5 Å². The minimum absolute atomic E-state index is 0.132. The van der Waals surface area contributed by atoms with E-state index in [9.17, 15) is 19.5 Å². The van der Waals surface area contributed by atoms with Gasteiger partial charge in [0, 0.05) is 0 Å². The fourth-order valence-corrected chi connectivity index (χ4v) is 3.87. The maximum Gasteiger partial charge on any atom is 0.326 e. The van der Waals surface area contributed by atoms with E-state index in [2.05, 4.69) is 0 Å². The first-order chi connectivity index (χ1) is 9.06. The number of allylic oxidation sites excluding steroid dienone is 2. The molecule has 0 aromatic heterocycles.